The number of hydrogen-bond donors (Lipinski definition) is 0. The number of aryl methyl sites for hydroxylation is 1. The molecule has 0 N–H and O–H groups in total. The molecule has 0 amide bonds. The van der Waals surface area contributed by atoms with Crippen molar-refractivity contribution in [3.63, 3.8) is 0 Å². The number of fused-ring (bicyclic) bond motifs is 1. The molecule has 0 saturated heterocycles. The Morgan fingerprint density at radius 3 is 2.75 bits per heavy atom. The van der Waals surface area contributed by atoms with Crippen LogP contribution in [0.1, 0.15) is 36.0 Å². The summed E-state index contributed by atoms with van der Waals surface area (Å²) in [5.41, 5.74) is 5.30. The summed E-state index contributed by atoms with van der Waals surface area (Å²) in [5, 5.41) is 1.08. The number of nitrogens with zero attached hydrogens (tertiary/aromatic N) is 4. The van der Waals surface area contributed by atoms with Crippen LogP contribution in [-0.4, -0.2) is 26.4 Å². The van der Waals surface area contributed by atoms with Gasteiger partial charge in [-0.25, -0.2) is 9.97 Å². The van der Waals surface area contributed by atoms with Crippen molar-refractivity contribution in [2.45, 2.75) is 39.3 Å². The van der Waals surface area contributed by atoms with E-state index in [1.165, 1.54) is 16.8 Å². The molecule has 3 aromatic rings. The summed E-state index contributed by atoms with van der Waals surface area (Å²) in [6.45, 7) is 4.89. The third kappa shape index (κ3) is 4.19. The molecule has 0 radical (unpaired) electrons. The van der Waals surface area contributed by atoms with Crippen LogP contribution in [0, 0.1) is 0 Å². The maximum Gasteiger partial charge on any atom is 0.128 e. The monoisotopic (exact) mass is 412 g/mol. The van der Waals surface area contributed by atoms with Crippen LogP contribution in [0.4, 0.5) is 0 Å². The Morgan fingerprint density at radius 2 is 1.96 bits per heavy atom. The molecule has 0 saturated carbocycles. The highest BCUT2D eigenvalue weighted by atomic mass is 35.5. The zero-order chi connectivity index (χ0) is 19.5. The van der Waals surface area contributed by atoms with E-state index < -0.39 is 0 Å². The number of rotatable bonds is 5. The molecule has 1 aliphatic rings. The van der Waals surface area contributed by atoms with Crippen molar-refractivity contribution < 1.29 is 0 Å². The van der Waals surface area contributed by atoms with Gasteiger partial charge in [0.05, 0.1) is 15.7 Å². The molecule has 1 aliphatic heterocycles. The lowest BCUT2D eigenvalue weighted by atomic mass is 10.1. The van der Waals surface area contributed by atoms with Gasteiger partial charge in [0.1, 0.15) is 5.82 Å². The van der Waals surface area contributed by atoms with Crippen molar-refractivity contribution in [1.82, 2.24) is 19.9 Å². The quantitative estimate of drug-likeness (QED) is 0.565. The second-order valence-corrected chi connectivity index (χ2v) is 7.91. The summed E-state index contributed by atoms with van der Waals surface area (Å²) >= 11 is 12.4. The smallest absolute Gasteiger partial charge is 0.128 e. The molecule has 0 unspecified atom stereocenters. The fraction of sp³-hybridized carbons (Fsp3) is 0.318. The van der Waals surface area contributed by atoms with E-state index in [2.05, 4.69) is 27.9 Å². The highest BCUT2D eigenvalue weighted by Crippen LogP contribution is 2.32. The van der Waals surface area contributed by atoms with Gasteiger partial charge in [-0.05, 0) is 24.1 Å². The van der Waals surface area contributed by atoms with E-state index in [0.29, 0.717) is 10.0 Å². The van der Waals surface area contributed by atoms with Crippen molar-refractivity contribution in [3.05, 3.63) is 75.4 Å². The molecule has 0 atom stereocenters. The molecule has 3 heterocycles. The summed E-state index contributed by atoms with van der Waals surface area (Å²) in [4.78, 5) is 16.3. The minimum atomic E-state index is 0.541. The molecule has 2 aromatic heterocycles. The maximum absolute atomic E-state index is 6.31. The molecule has 4 rings (SSSR count). The minimum Gasteiger partial charge on any atom is -0.294 e. The van der Waals surface area contributed by atoms with Crippen molar-refractivity contribution in [3.8, 4) is 11.3 Å². The van der Waals surface area contributed by atoms with E-state index in [1.54, 1.807) is 6.07 Å². The lowest BCUT2D eigenvalue weighted by Crippen LogP contribution is -2.31. The van der Waals surface area contributed by atoms with Crippen LogP contribution >= 0.6 is 23.2 Å². The predicted molar refractivity (Wildman–Crippen MR) is 114 cm³/mol. The average molecular weight is 413 g/mol. The normalized spacial score (nSPS) is 14.1. The van der Waals surface area contributed by atoms with Gasteiger partial charge in [0, 0.05) is 61.7 Å². The molecule has 0 aliphatic carbocycles. The van der Waals surface area contributed by atoms with E-state index in [9.17, 15) is 0 Å². The van der Waals surface area contributed by atoms with E-state index in [-0.39, 0.29) is 0 Å². The maximum atomic E-state index is 6.31. The summed E-state index contributed by atoms with van der Waals surface area (Å²) in [6.07, 6.45) is 6.92. The van der Waals surface area contributed by atoms with Gasteiger partial charge in [0.15, 0.2) is 0 Å². The zero-order valence-electron chi connectivity index (χ0n) is 15.8. The molecular weight excluding hydrogens is 391 g/mol. The number of halogens is 2. The van der Waals surface area contributed by atoms with Crippen LogP contribution in [0.2, 0.25) is 10.0 Å². The van der Waals surface area contributed by atoms with Crippen LogP contribution in [0.25, 0.3) is 11.3 Å². The molecule has 0 bridgehead atoms. The van der Waals surface area contributed by atoms with Gasteiger partial charge >= 0.3 is 0 Å². The standard InChI is InChI=1S/C22H22Cl2N4/c1-2-4-21-26-12-16-14-28(10-9-19(16)27-21)13-15-7-8-20(25-11-15)17-5-3-6-18(23)22(17)24/h3,5-8,11-12H,2,4,9-10,13-14H2,1H3. The lowest BCUT2D eigenvalue weighted by Gasteiger charge is -2.28. The summed E-state index contributed by atoms with van der Waals surface area (Å²) in [7, 11) is 0. The lowest BCUT2D eigenvalue weighted by molar-refractivity contribution is 0.242. The first-order chi connectivity index (χ1) is 13.6. The first kappa shape index (κ1) is 19.3. The number of aromatic nitrogens is 3. The third-order valence-electron chi connectivity index (χ3n) is 4.99. The van der Waals surface area contributed by atoms with Crippen molar-refractivity contribution >= 4 is 23.2 Å². The number of benzene rings is 1. The van der Waals surface area contributed by atoms with E-state index in [0.717, 1.165) is 56.0 Å². The van der Waals surface area contributed by atoms with Gasteiger partial charge in [0.25, 0.3) is 0 Å². The largest absolute Gasteiger partial charge is 0.294 e. The van der Waals surface area contributed by atoms with Crippen LogP contribution in [0.5, 0.6) is 0 Å². The van der Waals surface area contributed by atoms with Gasteiger partial charge in [-0.3, -0.25) is 9.88 Å². The van der Waals surface area contributed by atoms with Gasteiger partial charge < -0.3 is 0 Å². The molecule has 0 spiro atoms. The van der Waals surface area contributed by atoms with Crippen molar-refractivity contribution in [2.24, 2.45) is 0 Å². The van der Waals surface area contributed by atoms with Gasteiger partial charge in [-0.15, -0.1) is 0 Å². The molecular formula is C22H22Cl2N4. The number of hydrogen-bond acceptors (Lipinski definition) is 4. The van der Waals surface area contributed by atoms with Crippen molar-refractivity contribution in [2.75, 3.05) is 6.54 Å². The zero-order valence-corrected chi connectivity index (χ0v) is 17.3. The van der Waals surface area contributed by atoms with E-state index in [4.69, 9.17) is 28.2 Å². The molecule has 28 heavy (non-hydrogen) atoms. The van der Waals surface area contributed by atoms with Gasteiger partial charge in [0.2, 0.25) is 0 Å². The number of pyridine rings is 1. The average Bonchev–Trinajstić information content (AvgIpc) is 2.71. The third-order valence-corrected chi connectivity index (χ3v) is 5.81. The van der Waals surface area contributed by atoms with E-state index in [1.807, 2.05) is 30.6 Å². The first-order valence-electron chi connectivity index (χ1n) is 9.59. The fourth-order valence-corrected chi connectivity index (χ4v) is 3.93. The minimum absolute atomic E-state index is 0.541. The topological polar surface area (TPSA) is 41.9 Å². The summed E-state index contributed by atoms with van der Waals surface area (Å²) < 4.78 is 0. The molecule has 144 valence electrons. The Bertz CT molecular complexity index is 973. The van der Waals surface area contributed by atoms with Gasteiger partial charge in [-0.1, -0.05) is 48.3 Å². The molecule has 0 fully saturated rings. The van der Waals surface area contributed by atoms with E-state index >= 15 is 0 Å². The van der Waals surface area contributed by atoms with Crippen LogP contribution < -0.4 is 0 Å². The second-order valence-electron chi connectivity index (χ2n) is 7.12. The Balaban J connectivity index is 1.44. The molecule has 6 heteroatoms. The fourth-order valence-electron chi connectivity index (χ4n) is 3.53. The SMILES string of the molecule is CCCc1ncc2c(n1)CCN(Cc1ccc(-c3cccc(Cl)c3Cl)nc1)C2. The predicted octanol–water partition coefficient (Wildman–Crippen LogP) is 5.36. The second kappa shape index (κ2) is 8.56. The Hall–Kier alpha value is -2.01. The molecule has 4 nitrogen and oxygen atoms in total. The Kier molecular flexibility index (Phi) is 5.90. The first-order valence-corrected chi connectivity index (χ1v) is 10.3. The van der Waals surface area contributed by atoms with Crippen LogP contribution in [-0.2, 0) is 25.9 Å². The van der Waals surface area contributed by atoms with Crippen LogP contribution in [0.3, 0.4) is 0 Å². The Morgan fingerprint density at radius 1 is 1.07 bits per heavy atom. The summed E-state index contributed by atoms with van der Waals surface area (Å²) in [6, 6.07) is 9.72. The highest BCUT2D eigenvalue weighted by Gasteiger charge is 2.18. The van der Waals surface area contributed by atoms with Gasteiger partial charge in [-0.2, -0.15) is 0 Å². The van der Waals surface area contributed by atoms with Crippen molar-refractivity contribution in [1.29, 1.82) is 0 Å². The summed E-state index contributed by atoms with van der Waals surface area (Å²) in [5.74, 6) is 0.967. The van der Waals surface area contributed by atoms with Crippen LogP contribution in [0.15, 0.2) is 42.7 Å². The molecule has 1 aromatic carbocycles. The highest BCUT2D eigenvalue weighted by molar-refractivity contribution is 6.43. The Labute approximate surface area is 175 Å².